The van der Waals surface area contributed by atoms with Gasteiger partial charge in [-0.3, -0.25) is 0 Å². The second-order valence-electron chi connectivity index (χ2n) is 7.66. The molecule has 2 aromatic carbocycles. The minimum atomic E-state index is -0.490. The average Bonchev–Trinajstić information content (AvgIpc) is 3.20. The van der Waals surface area contributed by atoms with E-state index in [0.717, 1.165) is 23.7 Å². The summed E-state index contributed by atoms with van der Waals surface area (Å²) in [7, 11) is 1.49. The van der Waals surface area contributed by atoms with Crippen LogP contribution in [-0.4, -0.2) is 43.4 Å². The monoisotopic (exact) mass is 464 g/mol. The maximum Gasteiger partial charge on any atom is 0.341 e. The zero-order valence-electron chi connectivity index (χ0n) is 19.6. The van der Waals surface area contributed by atoms with Crippen LogP contribution in [0.3, 0.4) is 0 Å². The van der Waals surface area contributed by atoms with Gasteiger partial charge in [0.2, 0.25) is 0 Å². The number of methoxy groups -OCH3 is 1. The van der Waals surface area contributed by atoms with Crippen molar-refractivity contribution in [3.8, 4) is 23.3 Å². The highest BCUT2D eigenvalue weighted by atomic mass is 16.7. The summed E-state index contributed by atoms with van der Waals surface area (Å²) in [4.78, 5) is 23.4. The first kappa shape index (κ1) is 24.8. The van der Waals surface area contributed by atoms with Crippen LogP contribution in [0.2, 0.25) is 0 Å². The lowest BCUT2D eigenvalue weighted by Crippen LogP contribution is -2.10. The normalized spacial score (nSPS) is 10.6. The Labute approximate surface area is 198 Å². The summed E-state index contributed by atoms with van der Waals surface area (Å²) in [5.74, 6) is 0.663. The number of unbranched alkanes of at least 4 members (excludes halogenated alkanes) is 1. The van der Waals surface area contributed by atoms with Crippen LogP contribution in [0.15, 0.2) is 42.6 Å². The van der Waals surface area contributed by atoms with E-state index >= 15 is 0 Å². The summed E-state index contributed by atoms with van der Waals surface area (Å²) in [5.41, 5.74) is 2.27. The summed E-state index contributed by atoms with van der Waals surface area (Å²) < 4.78 is 23.5. The van der Waals surface area contributed by atoms with Gasteiger partial charge in [0.15, 0.2) is 6.79 Å². The standard InChI is InChI=1S/C26H28N2O6/c1-4-32-26(30)23-10-8-20(13-25(23)34-17-31-3)28-16-19(15-27)22-11-9-21(14-24(22)28)33-12-6-5-7-18(2)29/h8-11,13-14,16H,4-7,12,17H2,1-3H3. The number of ether oxygens (including phenoxy) is 4. The number of rotatable bonds is 12. The lowest BCUT2D eigenvalue weighted by atomic mass is 10.1. The summed E-state index contributed by atoms with van der Waals surface area (Å²) in [6.07, 6.45) is 3.84. The Bertz CT molecular complexity index is 1210. The maximum absolute atomic E-state index is 12.3. The molecule has 0 fully saturated rings. The molecule has 0 aliphatic carbocycles. The largest absolute Gasteiger partial charge is 0.494 e. The van der Waals surface area contributed by atoms with Crippen LogP contribution in [0.4, 0.5) is 0 Å². The van der Waals surface area contributed by atoms with Gasteiger partial charge in [-0.15, -0.1) is 0 Å². The van der Waals surface area contributed by atoms with Crippen molar-refractivity contribution in [1.82, 2.24) is 4.57 Å². The van der Waals surface area contributed by atoms with Gasteiger partial charge in [-0.05, 0) is 51.0 Å². The molecule has 1 aromatic heterocycles. The number of esters is 1. The molecule has 0 spiro atoms. The van der Waals surface area contributed by atoms with Crippen molar-refractivity contribution in [2.24, 2.45) is 0 Å². The first-order valence-electron chi connectivity index (χ1n) is 11.1. The van der Waals surface area contributed by atoms with E-state index in [9.17, 15) is 14.9 Å². The van der Waals surface area contributed by atoms with Gasteiger partial charge in [-0.25, -0.2) is 4.79 Å². The minimum absolute atomic E-state index is 0.0344. The van der Waals surface area contributed by atoms with Gasteiger partial charge in [-0.1, -0.05) is 0 Å². The fourth-order valence-electron chi connectivity index (χ4n) is 3.55. The van der Waals surface area contributed by atoms with E-state index in [0.29, 0.717) is 35.8 Å². The van der Waals surface area contributed by atoms with Crippen LogP contribution >= 0.6 is 0 Å². The fourth-order valence-corrected chi connectivity index (χ4v) is 3.55. The molecular weight excluding hydrogens is 436 g/mol. The molecule has 3 rings (SSSR count). The van der Waals surface area contributed by atoms with Crippen molar-refractivity contribution in [2.45, 2.75) is 33.1 Å². The third-order valence-electron chi connectivity index (χ3n) is 5.16. The van der Waals surface area contributed by atoms with Crippen LogP contribution in [0, 0.1) is 11.3 Å². The summed E-state index contributed by atoms with van der Waals surface area (Å²) >= 11 is 0. The Morgan fingerprint density at radius 2 is 1.91 bits per heavy atom. The number of hydrogen-bond donors (Lipinski definition) is 0. The van der Waals surface area contributed by atoms with Crippen molar-refractivity contribution in [2.75, 3.05) is 27.1 Å². The SMILES string of the molecule is CCOC(=O)c1ccc(-n2cc(C#N)c3ccc(OCCCCC(C)=O)cc32)cc1OCOC. The van der Waals surface area contributed by atoms with E-state index in [4.69, 9.17) is 18.9 Å². The molecule has 0 aliphatic heterocycles. The van der Waals surface area contributed by atoms with Gasteiger partial charge in [0.05, 0.1) is 24.3 Å². The molecule has 178 valence electrons. The quantitative estimate of drug-likeness (QED) is 0.216. The van der Waals surface area contributed by atoms with E-state index in [1.165, 1.54) is 7.11 Å². The fraction of sp³-hybridized carbons (Fsp3) is 0.346. The number of carbonyl (C=O) groups is 2. The Morgan fingerprint density at radius 3 is 2.62 bits per heavy atom. The average molecular weight is 465 g/mol. The first-order valence-corrected chi connectivity index (χ1v) is 11.1. The predicted molar refractivity (Wildman–Crippen MR) is 126 cm³/mol. The molecule has 0 aliphatic rings. The summed E-state index contributed by atoms with van der Waals surface area (Å²) in [6, 6.07) is 12.9. The molecule has 0 atom stereocenters. The van der Waals surface area contributed by atoms with Crippen LogP contribution in [0.5, 0.6) is 11.5 Å². The minimum Gasteiger partial charge on any atom is -0.494 e. The highest BCUT2D eigenvalue weighted by Crippen LogP contribution is 2.31. The first-order chi connectivity index (χ1) is 16.5. The van der Waals surface area contributed by atoms with E-state index < -0.39 is 5.97 Å². The Kier molecular flexibility index (Phi) is 8.66. The second-order valence-corrected chi connectivity index (χ2v) is 7.66. The van der Waals surface area contributed by atoms with Gasteiger partial charge >= 0.3 is 5.97 Å². The topological polar surface area (TPSA) is 99.8 Å². The smallest absolute Gasteiger partial charge is 0.341 e. The van der Waals surface area contributed by atoms with Gasteiger partial charge < -0.3 is 28.3 Å². The van der Waals surface area contributed by atoms with Gasteiger partial charge in [0.25, 0.3) is 0 Å². The van der Waals surface area contributed by atoms with Crippen molar-refractivity contribution in [3.05, 3.63) is 53.7 Å². The third kappa shape index (κ3) is 5.94. The number of carbonyl (C=O) groups excluding carboxylic acids is 2. The number of nitrogens with zero attached hydrogens (tertiary/aromatic N) is 2. The molecule has 0 saturated heterocycles. The zero-order valence-corrected chi connectivity index (χ0v) is 19.6. The third-order valence-corrected chi connectivity index (χ3v) is 5.16. The molecule has 0 unspecified atom stereocenters. The van der Waals surface area contributed by atoms with Gasteiger partial charge in [0, 0.05) is 42.9 Å². The number of hydrogen-bond acceptors (Lipinski definition) is 7. The number of aromatic nitrogens is 1. The van der Waals surface area contributed by atoms with E-state index in [1.807, 2.05) is 22.8 Å². The molecule has 8 nitrogen and oxygen atoms in total. The van der Waals surface area contributed by atoms with E-state index in [-0.39, 0.29) is 24.7 Å². The Morgan fingerprint density at radius 1 is 1.09 bits per heavy atom. The maximum atomic E-state index is 12.3. The Hall–Kier alpha value is -3.83. The number of ketones is 1. The molecule has 3 aromatic rings. The molecule has 0 N–H and O–H groups in total. The molecular formula is C26H28N2O6. The zero-order chi connectivity index (χ0) is 24.5. The molecule has 34 heavy (non-hydrogen) atoms. The number of fused-ring (bicyclic) bond motifs is 1. The highest BCUT2D eigenvalue weighted by molar-refractivity contribution is 5.93. The van der Waals surface area contributed by atoms with Crippen LogP contribution in [-0.2, 0) is 14.3 Å². The molecule has 0 saturated carbocycles. The van der Waals surface area contributed by atoms with Gasteiger partial charge in [-0.2, -0.15) is 5.26 Å². The predicted octanol–water partition coefficient (Wildman–Crippen LogP) is 4.80. The highest BCUT2D eigenvalue weighted by Gasteiger charge is 2.17. The van der Waals surface area contributed by atoms with E-state index in [2.05, 4.69) is 6.07 Å². The second kappa shape index (κ2) is 11.9. The van der Waals surface area contributed by atoms with Crippen molar-refractivity contribution in [3.63, 3.8) is 0 Å². The lowest BCUT2D eigenvalue weighted by Gasteiger charge is -2.13. The molecule has 1 heterocycles. The van der Waals surface area contributed by atoms with Crippen LogP contribution < -0.4 is 9.47 Å². The number of nitriles is 1. The van der Waals surface area contributed by atoms with E-state index in [1.54, 1.807) is 38.2 Å². The number of Topliss-reactive ketones (excluding diaryl/α,β-unsaturated/α-hetero) is 1. The molecule has 0 amide bonds. The molecule has 0 bridgehead atoms. The summed E-state index contributed by atoms with van der Waals surface area (Å²) in [5, 5.41) is 10.4. The molecule has 8 heteroatoms. The van der Waals surface area contributed by atoms with Crippen LogP contribution in [0.25, 0.3) is 16.6 Å². The summed E-state index contributed by atoms with van der Waals surface area (Å²) in [6.45, 7) is 4.03. The van der Waals surface area contributed by atoms with Crippen molar-refractivity contribution >= 4 is 22.7 Å². The van der Waals surface area contributed by atoms with Crippen molar-refractivity contribution in [1.29, 1.82) is 5.26 Å². The molecule has 0 radical (unpaired) electrons. The van der Waals surface area contributed by atoms with Gasteiger partial charge in [0.1, 0.15) is 28.9 Å². The Balaban J connectivity index is 1.95. The van der Waals surface area contributed by atoms with Crippen molar-refractivity contribution < 1.29 is 28.5 Å². The van der Waals surface area contributed by atoms with Crippen LogP contribution in [0.1, 0.15) is 49.0 Å². The lowest BCUT2D eigenvalue weighted by molar-refractivity contribution is -0.117. The number of benzene rings is 2.